The van der Waals surface area contributed by atoms with Crippen molar-refractivity contribution in [1.29, 1.82) is 0 Å². The van der Waals surface area contributed by atoms with Gasteiger partial charge in [0.25, 0.3) is 0 Å². The van der Waals surface area contributed by atoms with Crippen molar-refractivity contribution in [2.45, 2.75) is 26.2 Å². The lowest BCUT2D eigenvalue weighted by molar-refractivity contribution is -0.126. The number of carbonyl (C=O) groups is 2. The van der Waals surface area contributed by atoms with Gasteiger partial charge in [-0.15, -0.1) is 0 Å². The van der Waals surface area contributed by atoms with Gasteiger partial charge < -0.3 is 10.6 Å². The average Bonchev–Trinajstić information content (AvgIpc) is 2.41. The Labute approximate surface area is 128 Å². The lowest BCUT2D eigenvalue weighted by Gasteiger charge is -2.07. The van der Waals surface area contributed by atoms with E-state index >= 15 is 0 Å². The van der Waals surface area contributed by atoms with Crippen molar-refractivity contribution in [1.82, 2.24) is 10.6 Å². The van der Waals surface area contributed by atoms with Gasteiger partial charge in [-0.2, -0.15) is 0 Å². The van der Waals surface area contributed by atoms with Crippen LogP contribution in [-0.4, -0.2) is 24.9 Å². The van der Waals surface area contributed by atoms with Crippen LogP contribution in [0.2, 0.25) is 10.0 Å². The maximum Gasteiger partial charge on any atom is 0.239 e. The molecule has 0 unspecified atom stereocenters. The second-order valence-corrected chi connectivity index (χ2v) is 5.21. The summed E-state index contributed by atoms with van der Waals surface area (Å²) in [5.74, 6) is -0.354. The smallest absolute Gasteiger partial charge is 0.239 e. The Balaban J connectivity index is 2.31. The van der Waals surface area contributed by atoms with Gasteiger partial charge in [0.2, 0.25) is 11.8 Å². The van der Waals surface area contributed by atoms with Crippen LogP contribution in [0.3, 0.4) is 0 Å². The molecule has 2 N–H and O–H groups in total. The zero-order chi connectivity index (χ0) is 15.0. The van der Waals surface area contributed by atoms with Gasteiger partial charge in [-0.25, -0.2) is 0 Å². The third-order valence-corrected chi connectivity index (χ3v) is 3.24. The van der Waals surface area contributed by atoms with Gasteiger partial charge in [0.05, 0.1) is 6.54 Å². The van der Waals surface area contributed by atoms with Crippen molar-refractivity contribution in [2.75, 3.05) is 13.1 Å². The zero-order valence-corrected chi connectivity index (χ0v) is 12.9. The van der Waals surface area contributed by atoms with Crippen molar-refractivity contribution in [2.24, 2.45) is 0 Å². The molecule has 0 aliphatic heterocycles. The molecule has 20 heavy (non-hydrogen) atoms. The molecule has 0 heterocycles. The van der Waals surface area contributed by atoms with Crippen LogP contribution in [0.5, 0.6) is 0 Å². The predicted octanol–water partition coefficient (Wildman–Crippen LogP) is 2.57. The average molecular weight is 317 g/mol. The van der Waals surface area contributed by atoms with E-state index in [0.29, 0.717) is 23.0 Å². The van der Waals surface area contributed by atoms with Crippen LogP contribution in [0, 0.1) is 0 Å². The molecular weight excluding hydrogens is 299 g/mol. The van der Waals surface area contributed by atoms with Gasteiger partial charge in [-0.1, -0.05) is 36.2 Å². The van der Waals surface area contributed by atoms with Crippen molar-refractivity contribution in [3.63, 3.8) is 0 Å². The van der Waals surface area contributed by atoms with Gasteiger partial charge >= 0.3 is 0 Å². The lowest BCUT2D eigenvalue weighted by Crippen LogP contribution is -2.37. The summed E-state index contributed by atoms with van der Waals surface area (Å²) in [7, 11) is 0. The Morgan fingerprint density at radius 1 is 1.15 bits per heavy atom. The van der Waals surface area contributed by atoms with Gasteiger partial charge in [0, 0.05) is 23.0 Å². The van der Waals surface area contributed by atoms with E-state index in [1.165, 1.54) is 0 Å². The Bertz CT molecular complexity index is 478. The maximum absolute atomic E-state index is 11.6. The Morgan fingerprint density at radius 2 is 1.90 bits per heavy atom. The van der Waals surface area contributed by atoms with E-state index in [9.17, 15) is 9.59 Å². The van der Waals surface area contributed by atoms with E-state index in [2.05, 4.69) is 10.6 Å². The minimum absolute atomic E-state index is 0.00713. The normalized spacial score (nSPS) is 10.2. The van der Waals surface area contributed by atoms with E-state index in [0.717, 1.165) is 12.0 Å². The van der Waals surface area contributed by atoms with Crippen molar-refractivity contribution in [3.8, 4) is 0 Å². The summed E-state index contributed by atoms with van der Waals surface area (Å²) in [5, 5.41) is 6.37. The topological polar surface area (TPSA) is 58.2 Å². The van der Waals surface area contributed by atoms with Crippen LogP contribution in [0.1, 0.15) is 25.3 Å². The van der Waals surface area contributed by atoms with Crippen LogP contribution in [0.15, 0.2) is 18.2 Å². The highest BCUT2D eigenvalue weighted by Gasteiger charge is 2.07. The van der Waals surface area contributed by atoms with Crippen LogP contribution < -0.4 is 10.6 Å². The summed E-state index contributed by atoms with van der Waals surface area (Å²) in [5.41, 5.74) is 0.863. The van der Waals surface area contributed by atoms with E-state index in [4.69, 9.17) is 23.2 Å². The molecule has 0 fully saturated rings. The highest BCUT2D eigenvalue weighted by molar-refractivity contribution is 6.35. The summed E-state index contributed by atoms with van der Waals surface area (Å²) in [6.07, 6.45) is 1.66. The molecule has 0 radical (unpaired) electrons. The number of halogens is 2. The van der Waals surface area contributed by atoms with E-state index in [-0.39, 0.29) is 24.8 Å². The quantitative estimate of drug-likeness (QED) is 0.812. The van der Waals surface area contributed by atoms with Crippen LogP contribution in [0.4, 0.5) is 0 Å². The molecule has 110 valence electrons. The molecule has 4 nitrogen and oxygen atoms in total. The van der Waals surface area contributed by atoms with Gasteiger partial charge in [-0.05, 0) is 30.5 Å². The summed E-state index contributed by atoms with van der Waals surface area (Å²) in [6, 6.07) is 5.18. The van der Waals surface area contributed by atoms with Crippen LogP contribution in [0.25, 0.3) is 0 Å². The number of aryl methyl sites for hydroxylation is 1. The van der Waals surface area contributed by atoms with E-state index in [1.54, 1.807) is 18.2 Å². The molecule has 0 bridgehead atoms. The largest absolute Gasteiger partial charge is 0.355 e. The van der Waals surface area contributed by atoms with E-state index < -0.39 is 0 Å². The van der Waals surface area contributed by atoms with Crippen molar-refractivity contribution < 1.29 is 9.59 Å². The zero-order valence-electron chi connectivity index (χ0n) is 11.3. The SMILES string of the molecule is CCCNC(=O)CNC(=O)CCc1ccc(Cl)cc1Cl. The summed E-state index contributed by atoms with van der Waals surface area (Å²) < 4.78 is 0. The molecule has 1 aromatic rings. The molecular formula is C14H18Cl2N2O2. The molecule has 2 amide bonds. The van der Waals surface area contributed by atoms with Gasteiger partial charge in [-0.3, -0.25) is 9.59 Å². The summed E-state index contributed by atoms with van der Waals surface area (Å²) in [4.78, 5) is 22.9. The molecule has 0 aliphatic rings. The number of rotatable bonds is 7. The number of carbonyl (C=O) groups excluding carboxylic acids is 2. The summed E-state index contributed by atoms with van der Waals surface area (Å²) >= 11 is 11.8. The number of nitrogens with one attached hydrogen (secondary N) is 2. The number of hydrogen-bond acceptors (Lipinski definition) is 2. The third-order valence-electron chi connectivity index (χ3n) is 2.65. The molecule has 0 aliphatic carbocycles. The predicted molar refractivity (Wildman–Crippen MR) is 81.1 cm³/mol. The fraction of sp³-hybridized carbons (Fsp3) is 0.429. The van der Waals surface area contributed by atoms with Crippen LogP contribution in [-0.2, 0) is 16.0 Å². The molecule has 0 aromatic heterocycles. The molecule has 1 rings (SSSR count). The first kappa shape index (κ1) is 16.8. The van der Waals surface area contributed by atoms with Crippen LogP contribution >= 0.6 is 23.2 Å². The number of benzene rings is 1. The first-order chi connectivity index (χ1) is 9.52. The molecule has 0 saturated carbocycles. The van der Waals surface area contributed by atoms with E-state index in [1.807, 2.05) is 6.92 Å². The first-order valence-electron chi connectivity index (χ1n) is 6.50. The molecule has 0 spiro atoms. The molecule has 1 aromatic carbocycles. The highest BCUT2D eigenvalue weighted by atomic mass is 35.5. The Hall–Kier alpha value is -1.26. The first-order valence-corrected chi connectivity index (χ1v) is 7.26. The highest BCUT2D eigenvalue weighted by Crippen LogP contribution is 2.21. The fourth-order valence-corrected chi connectivity index (χ4v) is 2.07. The maximum atomic E-state index is 11.6. The minimum atomic E-state index is -0.178. The molecule has 0 atom stereocenters. The second kappa shape index (κ2) is 8.82. The number of amides is 2. The molecule has 0 saturated heterocycles. The minimum Gasteiger partial charge on any atom is -0.355 e. The Kier molecular flexibility index (Phi) is 7.41. The van der Waals surface area contributed by atoms with Gasteiger partial charge in [0.1, 0.15) is 0 Å². The third kappa shape index (κ3) is 6.26. The molecule has 6 heteroatoms. The monoisotopic (exact) mass is 316 g/mol. The Morgan fingerprint density at radius 3 is 2.55 bits per heavy atom. The second-order valence-electron chi connectivity index (χ2n) is 4.36. The number of hydrogen-bond donors (Lipinski definition) is 2. The van der Waals surface area contributed by atoms with Crippen molar-refractivity contribution >= 4 is 35.0 Å². The van der Waals surface area contributed by atoms with Gasteiger partial charge in [0.15, 0.2) is 0 Å². The van der Waals surface area contributed by atoms with Crippen molar-refractivity contribution in [3.05, 3.63) is 33.8 Å². The lowest BCUT2D eigenvalue weighted by atomic mass is 10.1. The fourth-order valence-electron chi connectivity index (χ4n) is 1.57. The standard InChI is InChI=1S/C14H18Cl2N2O2/c1-2-7-17-14(20)9-18-13(19)6-4-10-3-5-11(15)8-12(10)16/h3,5,8H,2,4,6-7,9H2,1H3,(H,17,20)(H,18,19). The summed E-state index contributed by atoms with van der Waals surface area (Å²) in [6.45, 7) is 2.59.